The molecule has 0 aliphatic carbocycles. The van der Waals surface area contributed by atoms with Crippen LogP contribution >= 0.6 is 36.2 Å². The van der Waals surface area contributed by atoms with Gasteiger partial charge in [-0.15, -0.1) is 24.8 Å². The standard InChI is InChI=1S/C17H22N4O3S.2ClH/c22-16(10-13-11-24-6-3-18-13)19-12-1-2-14-15(9-12)25-17(20-14)21-4-7-23-8-5-21;;/h1-2,9,13,18H,3-8,10-11H2,(H,19,22);2*1H. The van der Waals surface area contributed by atoms with Crippen molar-refractivity contribution >= 4 is 63.1 Å². The Bertz CT molecular complexity index is 749. The SMILES string of the molecule is Cl.Cl.O=C(CC1COCCN1)Nc1ccc2nc(N3CCOCC3)sc2c1. The number of carbonyl (C=O) groups is 1. The van der Waals surface area contributed by atoms with Crippen LogP contribution in [0.1, 0.15) is 6.42 Å². The third-order valence-corrected chi connectivity index (χ3v) is 5.45. The highest BCUT2D eigenvalue weighted by molar-refractivity contribution is 7.22. The van der Waals surface area contributed by atoms with Gasteiger partial charge >= 0.3 is 0 Å². The Labute approximate surface area is 174 Å². The van der Waals surface area contributed by atoms with Crippen LogP contribution in [0.25, 0.3) is 10.2 Å². The number of hydrogen-bond acceptors (Lipinski definition) is 7. The summed E-state index contributed by atoms with van der Waals surface area (Å²) in [6, 6.07) is 5.97. The third-order valence-electron chi connectivity index (χ3n) is 4.37. The van der Waals surface area contributed by atoms with E-state index in [0.29, 0.717) is 19.6 Å². The van der Waals surface area contributed by atoms with E-state index < -0.39 is 0 Å². The number of benzene rings is 1. The molecule has 1 aromatic carbocycles. The molecule has 1 atom stereocenters. The molecule has 1 unspecified atom stereocenters. The van der Waals surface area contributed by atoms with Gasteiger partial charge in [0.15, 0.2) is 5.13 Å². The first-order chi connectivity index (χ1) is 12.3. The second-order valence-corrected chi connectivity index (χ2v) is 7.27. The number of rotatable bonds is 4. The average Bonchev–Trinajstić information content (AvgIpc) is 3.06. The van der Waals surface area contributed by atoms with Crippen LogP contribution in [0.15, 0.2) is 18.2 Å². The normalized spacial score (nSPS) is 19.9. The van der Waals surface area contributed by atoms with E-state index in [-0.39, 0.29) is 36.8 Å². The van der Waals surface area contributed by atoms with E-state index >= 15 is 0 Å². The highest BCUT2D eigenvalue weighted by Gasteiger charge is 2.18. The maximum Gasteiger partial charge on any atom is 0.226 e. The Morgan fingerprint density at radius 2 is 2.07 bits per heavy atom. The number of hydrogen-bond donors (Lipinski definition) is 2. The van der Waals surface area contributed by atoms with Crippen molar-refractivity contribution in [2.45, 2.75) is 12.5 Å². The number of ether oxygens (including phenoxy) is 2. The van der Waals surface area contributed by atoms with Crippen LogP contribution in [0.5, 0.6) is 0 Å². The van der Waals surface area contributed by atoms with E-state index in [9.17, 15) is 4.79 Å². The molecule has 3 heterocycles. The fraction of sp³-hybridized carbons (Fsp3) is 0.529. The molecule has 150 valence electrons. The Kier molecular flexibility index (Phi) is 8.53. The number of nitrogens with one attached hydrogen (secondary N) is 2. The number of fused-ring (bicyclic) bond motifs is 1. The predicted octanol–water partition coefficient (Wildman–Crippen LogP) is 2.29. The molecule has 0 radical (unpaired) electrons. The highest BCUT2D eigenvalue weighted by Crippen LogP contribution is 2.31. The first-order valence-electron chi connectivity index (χ1n) is 8.62. The van der Waals surface area contributed by atoms with Gasteiger partial charge in [0.05, 0.1) is 36.6 Å². The number of anilines is 2. The molecule has 2 aliphatic heterocycles. The molecule has 2 aliphatic rings. The van der Waals surface area contributed by atoms with E-state index in [1.807, 2.05) is 18.2 Å². The quantitative estimate of drug-likeness (QED) is 0.768. The lowest BCUT2D eigenvalue weighted by atomic mass is 10.2. The van der Waals surface area contributed by atoms with Crippen molar-refractivity contribution in [3.05, 3.63) is 18.2 Å². The molecule has 1 amide bonds. The lowest BCUT2D eigenvalue weighted by Crippen LogP contribution is -2.43. The van der Waals surface area contributed by atoms with Crippen molar-refractivity contribution in [1.82, 2.24) is 10.3 Å². The zero-order chi connectivity index (χ0) is 17.1. The zero-order valence-corrected chi connectivity index (χ0v) is 17.3. The van der Waals surface area contributed by atoms with E-state index in [4.69, 9.17) is 14.5 Å². The summed E-state index contributed by atoms with van der Waals surface area (Å²) in [5, 5.41) is 7.30. The Morgan fingerprint density at radius 3 is 2.81 bits per heavy atom. The van der Waals surface area contributed by atoms with Crippen molar-refractivity contribution in [2.24, 2.45) is 0 Å². The molecular formula is C17H24Cl2N4O3S. The molecule has 2 fully saturated rings. The topological polar surface area (TPSA) is 75.7 Å². The summed E-state index contributed by atoms with van der Waals surface area (Å²) in [5.74, 6) is 0.000248. The minimum Gasteiger partial charge on any atom is -0.378 e. The minimum absolute atomic E-state index is 0. The lowest BCUT2D eigenvalue weighted by Gasteiger charge is -2.25. The zero-order valence-electron chi connectivity index (χ0n) is 14.8. The number of aromatic nitrogens is 1. The first kappa shape index (κ1) is 22.1. The van der Waals surface area contributed by atoms with Gasteiger partial charge in [-0.25, -0.2) is 4.98 Å². The maximum absolute atomic E-state index is 12.2. The van der Waals surface area contributed by atoms with Crippen molar-refractivity contribution in [3.63, 3.8) is 0 Å². The second kappa shape index (κ2) is 10.4. The van der Waals surface area contributed by atoms with E-state index in [2.05, 4.69) is 15.5 Å². The molecule has 10 heteroatoms. The fourth-order valence-corrected chi connectivity index (χ4v) is 4.12. The number of nitrogens with zero attached hydrogens (tertiary/aromatic N) is 2. The summed E-state index contributed by atoms with van der Waals surface area (Å²) in [6.45, 7) is 5.34. The largest absolute Gasteiger partial charge is 0.378 e. The van der Waals surface area contributed by atoms with Gasteiger partial charge < -0.3 is 25.0 Å². The van der Waals surface area contributed by atoms with Crippen LogP contribution < -0.4 is 15.5 Å². The molecule has 0 bridgehead atoms. The third kappa shape index (κ3) is 5.66. The Balaban J connectivity index is 0.00000131. The first-order valence-corrected chi connectivity index (χ1v) is 9.44. The molecule has 2 N–H and O–H groups in total. The molecule has 4 rings (SSSR count). The molecule has 1 aromatic heterocycles. The van der Waals surface area contributed by atoms with Gasteiger partial charge in [0.2, 0.25) is 5.91 Å². The molecule has 0 saturated carbocycles. The Morgan fingerprint density at radius 1 is 1.26 bits per heavy atom. The summed E-state index contributed by atoms with van der Waals surface area (Å²) in [5.41, 5.74) is 1.78. The van der Waals surface area contributed by atoms with Crippen molar-refractivity contribution in [3.8, 4) is 0 Å². The molecule has 7 nitrogen and oxygen atoms in total. The second-order valence-electron chi connectivity index (χ2n) is 6.26. The smallest absolute Gasteiger partial charge is 0.226 e. The van der Waals surface area contributed by atoms with Gasteiger partial charge in [-0.1, -0.05) is 11.3 Å². The molecule has 0 spiro atoms. The van der Waals surface area contributed by atoms with Gasteiger partial charge in [0, 0.05) is 37.8 Å². The van der Waals surface area contributed by atoms with E-state index in [1.54, 1.807) is 11.3 Å². The van der Waals surface area contributed by atoms with Crippen LogP contribution in [-0.4, -0.2) is 63.0 Å². The summed E-state index contributed by atoms with van der Waals surface area (Å²) in [7, 11) is 0. The average molecular weight is 435 g/mol. The fourth-order valence-electron chi connectivity index (χ4n) is 3.07. The lowest BCUT2D eigenvalue weighted by molar-refractivity contribution is -0.117. The van der Waals surface area contributed by atoms with Gasteiger partial charge in [-0.3, -0.25) is 4.79 Å². The minimum atomic E-state index is 0. The number of halogens is 2. The van der Waals surface area contributed by atoms with Crippen molar-refractivity contribution in [2.75, 3.05) is 56.3 Å². The van der Waals surface area contributed by atoms with Gasteiger partial charge in [-0.05, 0) is 18.2 Å². The van der Waals surface area contributed by atoms with Gasteiger partial charge in [0.25, 0.3) is 0 Å². The molecule has 2 saturated heterocycles. The Hall–Kier alpha value is -1.16. The molecular weight excluding hydrogens is 411 g/mol. The van der Waals surface area contributed by atoms with Crippen LogP contribution in [0, 0.1) is 0 Å². The van der Waals surface area contributed by atoms with Crippen molar-refractivity contribution in [1.29, 1.82) is 0 Å². The van der Waals surface area contributed by atoms with Crippen LogP contribution in [-0.2, 0) is 14.3 Å². The molecule has 27 heavy (non-hydrogen) atoms. The maximum atomic E-state index is 12.2. The number of morpholine rings is 2. The van der Waals surface area contributed by atoms with E-state index in [1.165, 1.54) is 0 Å². The molecule has 2 aromatic rings. The number of carbonyl (C=O) groups excluding carboxylic acids is 1. The van der Waals surface area contributed by atoms with Crippen LogP contribution in [0.3, 0.4) is 0 Å². The number of thiazole rings is 1. The van der Waals surface area contributed by atoms with Gasteiger partial charge in [0.1, 0.15) is 0 Å². The number of amides is 1. The highest BCUT2D eigenvalue weighted by atomic mass is 35.5. The predicted molar refractivity (Wildman–Crippen MR) is 113 cm³/mol. The summed E-state index contributed by atoms with van der Waals surface area (Å²) >= 11 is 1.66. The van der Waals surface area contributed by atoms with Crippen molar-refractivity contribution < 1.29 is 14.3 Å². The summed E-state index contributed by atoms with van der Waals surface area (Å²) in [6.07, 6.45) is 0.416. The van der Waals surface area contributed by atoms with Crippen LogP contribution in [0.2, 0.25) is 0 Å². The van der Waals surface area contributed by atoms with Crippen LogP contribution in [0.4, 0.5) is 10.8 Å². The summed E-state index contributed by atoms with van der Waals surface area (Å²) in [4.78, 5) is 19.2. The summed E-state index contributed by atoms with van der Waals surface area (Å²) < 4.78 is 11.9. The van der Waals surface area contributed by atoms with E-state index in [0.717, 1.165) is 53.9 Å². The monoisotopic (exact) mass is 434 g/mol. The van der Waals surface area contributed by atoms with Gasteiger partial charge in [-0.2, -0.15) is 0 Å².